The van der Waals surface area contributed by atoms with Gasteiger partial charge in [-0.25, -0.2) is 0 Å². The number of benzene rings is 1. The molecule has 0 saturated carbocycles. The first kappa shape index (κ1) is 30.8. The van der Waals surface area contributed by atoms with Gasteiger partial charge in [0.05, 0.1) is 16.4 Å². The molecule has 4 rings (SSSR count). The SMILES string of the molecule is NC(=O)c1no[n+]([O-])c1OCCOC(=O)[C@H](CCc1ccccc1)N[C@@H]1CS[C@@H](c2cccs2)CN(CC(=O)O)C1=O. The van der Waals surface area contributed by atoms with Crippen molar-refractivity contribution in [2.45, 2.75) is 30.2 Å². The van der Waals surface area contributed by atoms with Crippen LogP contribution in [0.1, 0.15) is 32.6 Å². The molecule has 0 radical (unpaired) electrons. The third-order valence-electron chi connectivity index (χ3n) is 6.27. The van der Waals surface area contributed by atoms with Gasteiger partial charge in [0.15, 0.2) is 0 Å². The molecule has 224 valence electrons. The van der Waals surface area contributed by atoms with Gasteiger partial charge < -0.3 is 30.4 Å². The number of nitrogens with zero attached hydrogens (tertiary/aromatic N) is 3. The minimum atomic E-state index is -1.13. The van der Waals surface area contributed by atoms with Crippen LogP contribution >= 0.6 is 23.1 Å². The highest BCUT2D eigenvalue weighted by molar-refractivity contribution is 7.99. The molecule has 14 nitrogen and oxygen atoms in total. The molecule has 0 aliphatic carbocycles. The number of thiophene rings is 1. The number of rotatable bonds is 14. The Hall–Kier alpha value is -4.15. The van der Waals surface area contributed by atoms with Crippen LogP contribution in [0.5, 0.6) is 5.88 Å². The maximum atomic E-state index is 13.5. The average molecular weight is 620 g/mol. The highest BCUT2D eigenvalue weighted by atomic mass is 32.2. The summed E-state index contributed by atoms with van der Waals surface area (Å²) < 4.78 is 14.9. The third-order valence-corrected chi connectivity index (χ3v) is 8.74. The maximum Gasteiger partial charge on any atom is 0.386 e. The van der Waals surface area contributed by atoms with Gasteiger partial charge in [0.1, 0.15) is 25.8 Å². The van der Waals surface area contributed by atoms with Crippen LogP contribution in [0.15, 0.2) is 52.5 Å². The molecule has 3 heterocycles. The summed E-state index contributed by atoms with van der Waals surface area (Å²) in [7, 11) is 0. The molecule has 0 spiro atoms. The zero-order valence-corrected chi connectivity index (χ0v) is 23.9. The predicted molar refractivity (Wildman–Crippen MR) is 150 cm³/mol. The minimum Gasteiger partial charge on any atom is -0.480 e. The molecule has 3 aromatic rings. The number of aryl methyl sites for hydroxylation is 1. The standard InChI is InChI=1S/C26H29N5O9S2/c27-23(34)22-25(31(37)40-29-22)38-10-11-39-26(36)17(9-8-16-5-2-1-3-6-16)28-18-15-42-20(19-7-4-12-41-19)13-30(24(18)35)14-21(32)33/h1-7,12,17-18,20,28H,8-11,13-15H2,(H2,27,34)(H,32,33)/t17-,18+,20+/m0/s1. The van der Waals surface area contributed by atoms with Crippen molar-refractivity contribution in [3.63, 3.8) is 0 Å². The second-order valence-electron chi connectivity index (χ2n) is 9.21. The first-order chi connectivity index (χ1) is 20.2. The van der Waals surface area contributed by atoms with Crippen LogP contribution < -0.4 is 20.7 Å². The lowest BCUT2D eigenvalue weighted by Crippen LogP contribution is -2.53. The van der Waals surface area contributed by atoms with Gasteiger partial charge in [0.2, 0.25) is 5.91 Å². The molecule has 1 fully saturated rings. The Bertz CT molecular complexity index is 1370. The summed E-state index contributed by atoms with van der Waals surface area (Å²) in [6.07, 6.45) is 0.775. The van der Waals surface area contributed by atoms with E-state index in [1.54, 1.807) is 0 Å². The van der Waals surface area contributed by atoms with E-state index in [9.17, 15) is 29.5 Å². The molecule has 0 unspecified atom stereocenters. The van der Waals surface area contributed by atoms with Crippen LogP contribution in [0.4, 0.5) is 0 Å². The van der Waals surface area contributed by atoms with Crippen molar-refractivity contribution >= 4 is 46.9 Å². The largest absolute Gasteiger partial charge is 0.480 e. The molecule has 42 heavy (non-hydrogen) atoms. The Balaban J connectivity index is 1.44. The smallest absolute Gasteiger partial charge is 0.386 e. The molecule has 1 aliphatic rings. The summed E-state index contributed by atoms with van der Waals surface area (Å²) in [5.41, 5.74) is 5.60. The van der Waals surface area contributed by atoms with Crippen molar-refractivity contribution in [3.8, 4) is 5.88 Å². The number of carbonyl (C=O) groups excluding carboxylic acids is 3. The van der Waals surface area contributed by atoms with Crippen LogP contribution in [0.2, 0.25) is 0 Å². The molecular weight excluding hydrogens is 590 g/mol. The van der Waals surface area contributed by atoms with Gasteiger partial charge in [-0.1, -0.05) is 36.4 Å². The molecule has 1 aliphatic heterocycles. The van der Waals surface area contributed by atoms with Gasteiger partial charge in [-0.05, 0) is 34.8 Å². The van der Waals surface area contributed by atoms with Crippen molar-refractivity contribution in [2.24, 2.45) is 5.73 Å². The second kappa shape index (κ2) is 14.7. The van der Waals surface area contributed by atoms with Gasteiger partial charge in [0.25, 0.3) is 0 Å². The van der Waals surface area contributed by atoms with E-state index in [0.717, 1.165) is 10.4 Å². The topological polar surface area (TPSA) is 201 Å². The van der Waals surface area contributed by atoms with Crippen molar-refractivity contribution < 1.29 is 43.3 Å². The monoisotopic (exact) mass is 619 g/mol. The number of carboxylic acid groups (broad SMARTS) is 1. The first-order valence-corrected chi connectivity index (χ1v) is 14.8. The van der Waals surface area contributed by atoms with Crippen molar-refractivity contribution in [1.82, 2.24) is 15.4 Å². The van der Waals surface area contributed by atoms with Crippen molar-refractivity contribution in [3.05, 3.63) is 69.2 Å². The van der Waals surface area contributed by atoms with Crippen LogP contribution in [-0.4, -0.2) is 83.1 Å². The molecule has 0 bridgehead atoms. The number of aromatic nitrogens is 2. The Kier molecular flexibility index (Phi) is 10.7. The zero-order chi connectivity index (χ0) is 30.1. The lowest BCUT2D eigenvalue weighted by Gasteiger charge is -2.27. The van der Waals surface area contributed by atoms with Crippen LogP contribution in [0, 0.1) is 5.21 Å². The van der Waals surface area contributed by atoms with Crippen LogP contribution in [-0.2, 0) is 25.5 Å². The third kappa shape index (κ3) is 8.20. The number of aliphatic carboxylic acids is 1. The van der Waals surface area contributed by atoms with Gasteiger partial charge >= 0.3 is 29.4 Å². The highest BCUT2D eigenvalue weighted by Gasteiger charge is 2.36. The number of nitrogens with two attached hydrogens (primary N) is 1. The Morgan fingerprint density at radius 2 is 2.02 bits per heavy atom. The Morgan fingerprint density at radius 1 is 1.24 bits per heavy atom. The van der Waals surface area contributed by atoms with E-state index >= 15 is 0 Å². The normalized spacial score (nSPS) is 17.8. The molecule has 4 N–H and O–H groups in total. The molecule has 1 aromatic carbocycles. The quantitative estimate of drug-likeness (QED) is 0.130. The molecule has 1 saturated heterocycles. The summed E-state index contributed by atoms with van der Waals surface area (Å²) in [4.78, 5) is 51.8. The number of esters is 1. The number of carbonyl (C=O) groups is 4. The number of amides is 2. The second-order valence-corrected chi connectivity index (χ2v) is 11.4. The maximum absolute atomic E-state index is 13.5. The van der Waals surface area contributed by atoms with Gasteiger partial charge in [-0.2, -0.15) is 0 Å². The van der Waals surface area contributed by atoms with Gasteiger partial charge in [-0.15, -0.1) is 23.1 Å². The van der Waals surface area contributed by atoms with E-state index < -0.39 is 54.0 Å². The fraction of sp³-hybridized carbons (Fsp3) is 0.385. The number of carboxylic acids is 1. The molecule has 3 atom stereocenters. The molecular formula is C26H29N5O9S2. The molecule has 16 heteroatoms. The van der Waals surface area contributed by atoms with Gasteiger partial charge in [-0.3, -0.25) is 29.1 Å². The van der Waals surface area contributed by atoms with E-state index in [-0.39, 0.29) is 36.3 Å². The Morgan fingerprint density at radius 3 is 2.71 bits per heavy atom. The summed E-state index contributed by atoms with van der Waals surface area (Å²) >= 11 is 3.04. The van der Waals surface area contributed by atoms with Crippen molar-refractivity contribution in [1.29, 1.82) is 0 Å². The van der Waals surface area contributed by atoms with Gasteiger partial charge in [0, 0.05) is 17.2 Å². The average Bonchev–Trinajstić information content (AvgIpc) is 3.60. The summed E-state index contributed by atoms with van der Waals surface area (Å²) in [6, 6.07) is 11.5. The number of hydrogen-bond donors (Lipinski definition) is 3. The van der Waals surface area contributed by atoms with E-state index in [1.165, 1.54) is 28.0 Å². The number of hydrogen-bond acceptors (Lipinski definition) is 12. The number of primary amides is 1. The number of nitrogens with one attached hydrogen (secondary N) is 1. The molecule has 2 aromatic heterocycles. The molecule has 2 amide bonds. The summed E-state index contributed by atoms with van der Waals surface area (Å²) in [6.45, 7) is -0.856. The lowest BCUT2D eigenvalue weighted by atomic mass is 10.0. The lowest BCUT2D eigenvalue weighted by molar-refractivity contribution is -0.805. The summed E-state index contributed by atoms with van der Waals surface area (Å²) in [5, 5.41) is 29.2. The zero-order valence-electron chi connectivity index (χ0n) is 22.2. The highest BCUT2D eigenvalue weighted by Crippen LogP contribution is 2.35. The van der Waals surface area contributed by atoms with Crippen LogP contribution in [0.25, 0.3) is 0 Å². The fourth-order valence-corrected chi connectivity index (χ4v) is 6.54. The van der Waals surface area contributed by atoms with Crippen molar-refractivity contribution in [2.75, 3.05) is 32.1 Å². The van der Waals surface area contributed by atoms with E-state index in [2.05, 4.69) is 15.1 Å². The van der Waals surface area contributed by atoms with Crippen LogP contribution in [0.3, 0.4) is 0 Å². The van der Waals surface area contributed by atoms with E-state index in [0.29, 0.717) is 12.2 Å². The minimum absolute atomic E-state index is 0.113. The number of thioether (sulfide) groups is 1. The number of ether oxygens (including phenoxy) is 2. The Labute approximate surface area is 248 Å². The predicted octanol–water partition coefficient (Wildman–Crippen LogP) is 0.751. The fourth-order valence-electron chi connectivity index (χ4n) is 4.28. The first-order valence-electron chi connectivity index (χ1n) is 12.9. The van der Waals surface area contributed by atoms with E-state index in [4.69, 9.17) is 15.2 Å². The van der Waals surface area contributed by atoms with E-state index in [1.807, 2.05) is 47.8 Å². The summed E-state index contributed by atoms with van der Waals surface area (Å²) in [5.74, 6) is -3.51.